The summed E-state index contributed by atoms with van der Waals surface area (Å²) in [6.45, 7) is 1.60. The predicted octanol–water partition coefficient (Wildman–Crippen LogP) is 0.697. The van der Waals surface area contributed by atoms with Gasteiger partial charge in [-0.05, 0) is 42.4 Å². The van der Waals surface area contributed by atoms with Crippen molar-refractivity contribution in [2.24, 2.45) is 5.41 Å². The molecule has 2 atom stereocenters. The number of amides is 2. The third-order valence-electron chi connectivity index (χ3n) is 6.87. The van der Waals surface area contributed by atoms with Crippen molar-refractivity contribution in [1.29, 1.82) is 0 Å². The quantitative estimate of drug-likeness (QED) is 0.689. The molecule has 2 aliphatic rings. The highest BCUT2D eigenvalue weighted by atomic mass is 16.5. The van der Waals surface area contributed by atoms with E-state index in [4.69, 9.17) is 4.74 Å². The van der Waals surface area contributed by atoms with Gasteiger partial charge in [0.15, 0.2) is 6.61 Å². The molecule has 2 aromatic rings. The summed E-state index contributed by atoms with van der Waals surface area (Å²) < 4.78 is 7.36. The first kappa shape index (κ1) is 23.3. The maximum Gasteiger partial charge on any atom is 0.260 e. The zero-order chi connectivity index (χ0) is 23.4. The van der Waals surface area contributed by atoms with Crippen LogP contribution in [0, 0.1) is 5.41 Å². The van der Waals surface area contributed by atoms with E-state index in [1.54, 1.807) is 41.2 Å². The lowest BCUT2D eigenvalue weighted by Gasteiger charge is -2.45. The molecule has 2 amide bonds. The summed E-state index contributed by atoms with van der Waals surface area (Å²) >= 11 is 0. The van der Waals surface area contributed by atoms with Gasteiger partial charge in [0, 0.05) is 45.5 Å². The SMILES string of the molecule is CN1CC2(CCN(C(=O)Cn3cccn3)CC2)C[C@@H](O)[C@@H](O)Cc2ccccc2OCC1=O. The minimum atomic E-state index is -0.952. The van der Waals surface area contributed by atoms with E-state index in [-0.39, 0.29) is 31.4 Å². The summed E-state index contributed by atoms with van der Waals surface area (Å²) in [6.07, 6.45) is 3.37. The largest absolute Gasteiger partial charge is 0.483 e. The third kappa shape index (κ3) is 5.54. The zero-order valence-electron chi connectivity index (χ0n) is 19.0. The molecule has 1 fully saturated rings. The first-order chi connectivity index (χ1) is 15.8. The van der Waals surface area contributed by atoms with Gasteiger partial charge in [-0.3, -0.25) is 14.3 Å². The summed E-state index contributed by atoms with van der Waals surface area (Å²) in [5, 5.41) is 25.8. The van der Waals surface area contributed by atoms with Crippen molar-refractivity contribution in [3.05, 3.63) is 48.3 Å². The fraction of sp³-hybridized carbons (Fsp3) is 0.542. The van der Waals surface area contributed by atoms with Crippen LogP contribution in [-0.4, -0.2) is 87.1 Å². The smallest absolute Gasteiger partial charge is 0.260 e. The number of fused-ring (bicyclic) bond motifs is 1. The molecule has 1 saturated heterocycles. The molecule has 178 valence electrons. The van der Waals surface area contributed by atoms with E-state index in [2.05, 4.69) is 5.10 Å². The number of carbonyl (C=O) groups excluding carboxylic acids is 2. The Hall–Kier alpha value is -2.91. The molecule has 0 radical (unpaired) electrons. The number of ether oxygens (including phenoxy) is 1. The maximum atomic E-state index is 12.8. The van der Waals surface area contributed by atoms with E-state index < -0.39 is 17.6 Å². The lowest BCUT2D eigenvalue weighted by molar-refractivity contribution is -0.139. The standard InChI is InChI=1S/C24H32N4O5/c1-26-17-24(7-11-27(12-8-24)22(31)15-28-10-4-9-25-28)14-20(30)19(29)13-18-5-2-3-6-21(18)33-16-23(26)32/h2-6,9-10,19-20,29-30H,7-8,11-17H2,1H3/t19-,20+/m0/s1. The molecule has 3 heterocycles. The molecular formula is C24H32N4O5. The van der Waals surface area contributed by atoms with Gasteiger partial charge in [-0.15, -0.1) is 0 Å². The highest BCUT2D eigenvalue weighted by Crippen LogP contribution is 2.38. The predicted molar refractivity (Wildman–Crippen MR) is 120 cm³/mol. The van der Waals surface area contributed by atoms with Crippen LogP contribution in [0.3, 0.4) is 0 Å². The second-order valence-electron chi connectivity index (χ2n) is 9.27. The van der Waals surface area contributed by atoms with E-state index in [0.717, 1.165) is 5.56 Å². The number of nitrogens with zero attached hydrogens (tertiary/aromatic N) is 4. The molecular weight excluding hydrogens is 424 g/mol. The highest BCUT2D eigenvalue weighted by Gasteiger charge is 2.40. The maximum absolute atomic E-state index is 12.8. The van der Waals surface area contributed by atoms with Crippen LogP contribution in [-0.2, 0) is 22.6 Å². The normalized spacial score (nSPS) is 23.9. The number of aromatic nitrogens is 2. The van der Waals surface area contributed by atoms with Crippen molar-refractivity contribution in [2.45, 2.75) is 44.4 Å². The van der Waals surface area contributed by atoms with E-state index in [1.807, 2.05) is 23.1 Å². The number of rotatable bonds is 2. The number of likely N-dealkylation sites (tertiary alicyclic amines) is 1. The number of hydrogen-bond donors (Lipinski definition) is 2. The number of carbonyl (C=O) groups is 2. The molecule has 4 rings (SSSR count). The Kier molecular flexibility index (Phi) is 6.99. The summed E-state index contributed by atoms with van der Waals surface area (Å²) in [7, 11) is 1.74. The molecule has 1 aromatic heterocycles. The van der Waals surface area contributed by atoms with E-state index in [0.29, 0.717) is 44.6 Å². The Labute approximate surface area is 193 Å². The van der Waals surface area contributed by atoms with Crippen molar-refractivity contribution in [3.8, 4) is 5.75 Å². The lowest BCUT2D eigenvalue weighted by Crippen LogP contribution is -2.51. The molecule has 0 saturated carbocycles. The van der Waals surface area contributed by atoms with Gasteiger partial charge < -0.3 is 24.7 Å². The van der Waals surface area contributed by atoms with Gasteiger partial charge in [0.1, 0.15) is 12.3 Å². The van der Waals surface area contributed by atoms with E-state index in [9.17, 15) is 19.8 Å². The molecule has 2 aliphatic heterocycles. The Bertz CT molecular complexity index is 956. The van der Waals surface area contributed by atoms with Gasteiger partial charge in [0.2, 0.25) is 5.91 Å². The Morgan fingerprint density at radius 3 is 2.67 bits per heavy atom. The fourth-order valence-electron chi connectivity index (χ4n) is 4.89. The van der Waals surface area contributed by atoms with Crippen LogP contribution in [0.4, 0.5) is 0 Å². The second-order valence-corrected chi connectivity index (χ2v) is 9.27. The van der Waals surface area contributed by atoms with Gasteiger partial charge >= 0.3 is 0 Å². The van der Waals surface area contributed by atoms with Crippen LogP contribution >= 0.6 is 0 Å². The van der Waals surface area contributed by atoms with Gasteiger partial charge in [-0.1, -0.05) is 18.2 Å². The molecule has 2 N–H and O–H groups in total. The fourth-order valence-corrected chi connectivity index (χ4v) is 4.89. The number of aliphatic hydroxyl groups excluding tert-OH is 2. The van der Waals surface area contributed by atoms with Crippen molar-refractivity contribution < 1.29 is 24.5 Å². The van der Waals surface area contributed by atoms with Crippen molar-refractivity contribution in [1.82, 2.24) is 19.6 Å². The van der Waals surface area contributed by atoms with E-state index in [1.165, 1.54) is 0 Å². The Morgan fingerprint density at radius 2 is 1.94 bits per heavy atom. The number of benzene rings is 1. The third-order valence-corrected chi connectivity index (χ3v) is 6.87. The molecule has 9 heteroatoms. The highest BCUT2D eigenvalue weighted by molar-refractivity contribution is 5.77. The molecule has 1 spiro atoms. The van der Waals surface area contributed by atoms with Crippen LogP contribution in [0.25, 0.3) is 0 Å². The first-order valence-corrected chi connectivity index (χ1v) is 11.4. The number of aliphatic hydroxyl groups is 2. The van der Waals surface area contributed by atoms with Gasteiger partial charge in [-0.2, -0.15) is 5.10 Å². The summed E-state index contributed by atoms with van der Waals surface area (Å²) in [5.41, 5.74) is 0.361. The number of para-hydroxylation sites is 1. The minimum Gasteiger partial charge on any atom is -0.483 e. The molecule has 0 aliphatic carbocycles. The van der Waals surface area contributed by atoms with Crippen molar-refractivity contribution >= 4 is 11.8 Å². The Balaban J connectivity index is 1.48. The Morgan fingerprint density at radius 1 is 1.18 bits per heavy atom. The summed E-state index contributed by atoms with van der Waals surface area (Å²) in [6, 6.07) is 9.05. The van der Waals surface area contributed by atoms with E-state index >= 15 is 0 Å². The van der Waals surface area contributed by atoms with Gasteiger partial charge in [0.25, 0.3) is 5.91 Å². The van der Waals surface area contributed by atoms with Gasteiger partial charge in [0.05, 0.1) is 12.2 Å². The lowest BCUT2D eigenvalue weighted by atomic mass is 9.72. The minimum absolute atomic E-state index is 0.00303. The van der Waals surface area contributed by atoms with Crippen LogP contribution < -0.4 is 4.74 Å². The molecule has 1 aromatic carbocycles. The summed E-state index contributed by atoms with van der Waals surface area (Å²) in [5.74, 6) is 0.401. The topological polar surface area (TPSA) is 108 Å². The van der Waals surface area contributed by atoms with Crippen LogP contribution in [0.5, 0.6) is 5.75 Å². The van der Waals surface area contributed by atoms with Crippen LogP contribution in [0.2, 0.25) is 0 Å². The number of likely N-dealkylation sites (N-methyl/N-ethyl adjacent to an activating group) is 1. The average Bonchev–Trinajstić information content (AvgIpc) is 3.31. The zero-order valence-corrected chi connectivity index (χ0v) is 19.0. The second kappa shape index (κ2) is 9.93. The monoisotopic (exact) mass is 456 g/mol. The molecule has 0 bridgehead atoms. The number of piperidine rings is 1. The van der Waals surface area contributed by atoms with Gasteiger partial charge in [-0.25, -0.2) is 0 Å². The summed E-state index contributed by atoms with van der Waals surface area (Å²) in [4.78, 5) is 28.9. The average molecular weight is 457 g/mol. The van der Waals surface area contributed by atoms with Crippen molar-refractivity contribution in [2.75, 3.05) is 33.3 Å². The van der Waals surface area contributed by atoms with Crippen LogP contribution in [0.1, 0.15) is 24.8 Å². The van der Waals surface area contributed by atoms with Crippen LogP contribution in [0.15, 0.2) is 42.7 Å². The van der Waals surface area contributed by atoms with Crippen molar-refractivity contribution in [3.63, 3.8) is 0 Å². The molecule has 33 heavy (non-hydrogen) atoms. The molecule has 0 unspecified atom stereocenters. The first-order valence-electron chi connectivity index (χ1n) is 11.4. The number of hydrogen-bond acceptors (Lipinski definition) is 6. The molecule has 9 nitrogen and oxygen atoms in total.